The number of hydrogen-bond acceptors (Lipinski definition) is 3. The molecule has 0 saturated heterocycles. The van der Waals surface area contributed by atoms with Crippen LogP contribution in [0.3, 0.4) is 0 Å². The Balaban J connectivity index is 1.05. The molecule has 0 fully saturated rings. The summed E-state index contributed by atoms with van der Waals surface area (Å²) in [6.07, 6.45) is -0.325. The number of benzene rings is 9. The van der Waals surface area contributed by atoms with Gasteiger partial charge in [-0.05, 0) is 80.6 Å². The van der Waals surface area contributed by atoms with E-state index in [4.69, 9.17) is 9.98 Å². The van der Waals surface area contributed by atoms with Gasteiger partial charge in [-0.2, -0.15) is 0 Å². The summed E-state index contributed by atoms with van der Waals surface area (Å²) in [5, 5.41) is 8.48. The summed E-state index contributed by atoms with van der Waals surface area (Å²) in [7, 11) is 0. The highest BCUT2D eigenvalue weighted by molar-refractivity contribution is 6.16. The molecule has 1 aliphatic rings. The molecule has 2 heterocycles. The molecule has 0 amide bonds. The number of nitrogens with one attached hydrogen (secondary N) is 1. The van der Waals surface area contributed by atoms with Crippen molar-refractivity contribution >= 4 is 44.2 Å². The van der Waals surface area contributed by atoms with Gasteiger partial charge >= 0.3 is 0 Å². The lowest BCUT2D eigenvalue weighted by Gasteiger charge is -2.25. The molecule has 9 aromatic carbocycles. The quantitative estimate of drug-likeness (QED) is 0.173. The molecule has 4 heteroatoms. The normalized spacial score (nSPS) is 13.9. The molecule has 1 aliphatic heterocycles. The van der Waals surface area contributed by atoms with Crippen LogP contribution in [0.4, 0.5) is 0 Å². The molecule has 1 unspecified atom stereocenters. The SMILES string of the molecule is c1ccc(-c2ccc3cc(C4=NC(c5ccccc5-c5ccccc5-n5c6ccccc6c6cc(-c7ccccc7)ccc65)=NC(c5ccccc5)N4)ccc3c2)cc1. The average molecular weight is 755 g/mol. The Kier molecular flexibility index (Phi) is 8.52. The van der Waals surface area contributed by atoms with Crippen LogP contribution in [-0.4, -0.2) is 16.2 Å². The van der Waals surface area contributed by atoms with Crippen LogP contribution < -0.4 is 5.32 Å². The predicted octanol–water partition coefficient (Wildman–Crippen LogP) is 13.4. The van der Waals surface area contributed by atoms with E-state index in [1.54, 1.807) is 0 Å². The highest BCUT2D eigenvalue weighted by Gasteiger charge is 2.24. The second-order valence-electron chi connectivity index (χ2n) is 15.0. The highest BCUT2D eigenvalue weighted by Crippen LogP contribution is 2.39. The van der Waals surface area contributed by atoms with Crippen LogP contribution in [0.5, 0.6) is 0 Å². The van der Waals surface area contributed by atoms with Gasteiger partial charge in [-0.1, -0.05) is 182 Å². The number of aromatic nitrogens is 1. The van der Waals surface area contributed by atoms with E-state index in [1.807, 2.05) is 6.07 Å². The summed E-state index contributed by atoms with van der Waals surface area (Å²) in [4.78, 5) is 10.7. The largest absolute Gasteiger partial charge is 0.344 e. The number of fused-ring (bicyclic) bond motifs is 4. The zero-order valence-corrected chi connectivity index (χ0v) is 32.2. The molecule has 0 aliphatic carbocycles. The van der Waals surface area contributed by atoms with E-state index in [9.17, 15) is 0 Å². The Morgan fingerprint density at radius 2 is 0.932 bits per heavy atom. The third-order valence-electron chi connectivity index (χ3n) is 11.5. The Morgan fingerprint density at radius 3 is 1.68 bits per heavy atom. The molecule has 1 aromatic heterocycles. The van der Waals surface area contributed by atoms with Gasteiger partial charge in [0.1, 0.15) is 12.0 Å². The van der Waals surface area contributed by atoms with Crippen molar-refractivity contribution in [2.24, 2.45) is 9.98 Å². The van der Waals surface area contributed by atoms with Crippen molar-refractivity contribution in [3.8, 4) is 39.1 Å². The molecule has 1 N–H and O–H groups in total. The molecule has 11 rings (SSSR count). The van der Waals surface area contributed by atoms with E-state index in [0.29, 0.717) is 5.84 Å². The van der Waals surface area contributed by atoms with Crippen LogP contribution in [0.1, 0.15) is 22.9 Å². The first kappa shape index (κ1) is 34.4. The van der Waals surface area contributed by atoms with E-state index in [1.165, 1.54) is 38.4 Å². The summed E-state index contributed by atoms with van der Waals surface area (Å²) in [6.45, 7) is 0. The van der Waals surface area contributed by atoms with Crippen LogP contribution >= 0.6 is 0 Å². The van der Waals surface area contributed by atoms with Gasteiger partial charge in [-0.25, -0.2) is 9.98 Å². The molecular formula is C55H38N4. The lowest BCUT2D eigenvalue weighted by molar-refractivity contribution is 0.674. The van der Waals surface area contributed by atoms with Gasteiger partial charge in [-0.3, -0.25) is 0 Å². The molecule has 278 valence electrons. The van der Waals surface area contributed by atoms with Crippen molar-refractivity contribution in [3.05, 3.63) is 235 Å². The van der Waals surface area contributed by atoms with Crippen molar-refractivity contribution in [2.75, 3.05) is 0 Å². The van der Waals surface area contributed by atoms with Gasteiger partial charge in [0, 0.05) is 27.5 Å². The monoisotopic (exact) mass is 754 g/mol. The van der Waals surface area contributed by atoms with Crippen LogP contribution in [0.25, 0.3) is 71.6 Å². The maximum Gasteiger partial charge on any atom is 0.160 e. The molecule has 4 nitrogen and oxygen atoms in total. The molecule has 1 atom stereocenters. The maximum atomic E-state index is 5.34. The fourth-order valence-corrected chi connectivity index (χ4v) is 8.58. The van der Waals surface area contributed by atoms with E-state index in [2.05, 4.69) is 222 Å². The van der Waals surface area contributed by atoms with Gasteiger partial charge in [-0.15, -0.1) is 0 Å². The van der Waals surface area contributed by atoms with Crippen LogP contribution in [0.15, 0.2) is 228 Å². The highest BCUT2D eigenvalue weighted by atomic mass is 15.2. The number of rotatable bonds is 7. The van der Waals surface area contributed by atoms with Crippen LogP contribution in [-0.2, 0) is 0 Å². The summed E-state index contributed by atoms with van der Waals surface area (Å²) in [6, 6.07) is 77.7. The van der Waals surface area contributed by atoms with E-state index < -0.39 is 0 Å². The summed E-state index contributed by atoms with van der Waals surface area (Å²) < 4.78 is 2.41. The average Bonchev–Trinajstić information content (AvgIpc) is 3.65. The Hall–Kier alpha value is -7.82. The van der Waals surface area contributed by atoms with Crippen molar-refractivity contribution < 1.29 is 0 Å². The Labute approximate surface area is 343 Å². The molecule has 0 radical (unpaired) electrons. The number of hydrogen-bond donors (Lipinski definition) is 1. The topological polar surface area (TPSA) is 41.7 Å². The molecule has 0 spiro atoms. The van der Waals surface area contributed by atoms with Gasteiger partial charge in [0.15, 0.2) is 5.84 Å². The fourth-order valence-electron chi connectivity index (χ4n) is 8.58. The van der Waals surface area contributed by atoms with Crippen LogP contribution in [0, 0.1) is 0 Å². The molecule has 0 saturated carbocycles. The van der Waals surface area contributed by atoms with Gasteiger partial charge in [0.05, 0.1) is 16.7 Å². The summed E-state index contributed by atoms with van der Waals surface area (Å²) >= 11 is 0. The standard InChI is InChI=1S/C55H38N4/c1-4-16-37(17-5-1)40-28-29-42-35-44(31-30-41(42)34-40)54-56-53(39-20-8-3-9-21-39)57-55(58-54)48-25-11-10-22-45(48)46-23-12-14-26-50(46)59-51-27-15-13-24-47(51)49-36-43(32-33-52(49)59)38-18-6-2-7-19-38/h1-36,53H,(H,56,57,58). The van der Waals surface area contributed by atoms with E-state index >= 15 is 0 Å². The maximum absolute atomic E-state index is 5.34. The second-order valence-corrected chi connectivity index (χ2v) is 15.0. The fraction of sp³-hybridized carbons (Fsp3) is 0.0182. The van der Waals surface area contributed by atoms with E-state index in [0.717, 1.165) is 55.8 Å². The molecule has 10 aromatic rings. The first-order chi connectivity index (χ1) is 29.2. The minimum absolute atomic E-state index is 0.325. The van der Waals surface area contributed by atoms with Gasteiger partial charge in [0.25, 0.3) is 0 Å². The predicted molar refractivity (Wildman–Crippen MR) is 246 cm³/mol. The summed E-state index contributed by atoms with van der Waals surface area (Å²) in [5.74, 6) is 1.48. The number of amidine groups is 2. The zero-order chi connectivity index (χ0) is 39.1. The minimum Gasteiger partial charge on any atom is -0.344 e. The van der Waals surface area contributed by atoms with Gasteiger partial charge in [0.2, 0.25) is 0 Å². The third kappa shape index (κ3) is 6.28. The first-order valence-electron chi connectivity index (χ1n) is 20.1. The van der Waals surface area contributed by atoms with E-state index in [-0.39, 0.29) is 6.17 Å². The minimum atomic E-state index is -0.325. The van der Waals surface area contributed by atoms with Gasteiger partial charge < -0.3 is 9.88 Å². The number of nitrogens with zero attached hydrogens (tertiary/aromatic N) is 3. The van der Waals surface area contributed by atoms with Crippen molar-refractivity contribution in [2.45, 2.75) is 6.17 Å². The Bertz CT molecular complexity index is 3230. The van der Waals surface area contributed by atoms with Crippen molar-refractivity contribution in [1.29, 1.82) is 0 Å². The first-order valence-corrected chi connectivity index (χ1v) is 20.1. The lowest BCUT2D eigenvalue weighted by Crippen LogP contribution is -2.33. The molecular weight excluding hydrogens is 717 g/mol. The molecule has 59 heavy (non-hydrogen) atoms. The van der Waals surface area contributed by atoms with Crippen molar-refractivity contribution in [3.63, 3.8) is 0 Å². The smallest absolute Gasteiger partial charge is 0.160 e. The second kappa shape index (κ2) is 14.6. The van der Waals surface area contributed by atoms with Crippen molar-refractivity contribution in [1.82, 2.24) is 9.88 Å². The number of aliphatic imine (C=N–C) groups is 2. The number of para-hydroxylation sites is 2. The summed E-state index contributed by atoms with van der Waals surface area (Å²) in [5.41, 5.74) is 13.5. The van der Waals surface area contributed by atoms with Crippen LogP contribution in [0.2, 0.25) is 0 Å². The third-order valence-corrected chi connectivity index (χ3v) is 11.5. The zero-order valence-electron chi connectivity index (χ0n) is 32.2. The molecule has 0 bridgehead atoms. The Morgan fingerprint density at radius 1 is 0.390 bits per heavy atom. The lowest BCUT2D eigenvalue weighted by atomic mass is 9.96.